The molecule has 3 aromatic heterocycles. The highest BCUT2D eigenvalue weighted by atomic mass is 35.5. The molecule has 29 heavy (non-hydrogen) atoms. The van der Waals surface area contributed by atoms with Gasteiger partial charge in [-0.3, -0.25) is 15.1 Å². The molecule has 2 N–H and O–H groups in total. The van der Waals surface area contributed by atoms with E-state index in [0.29, 0.717) is 28.2 Å². The number of methoxy groups -OCH3 is 1. The van der Waals surface area contributed by atoms with Gasteiger partial charge in [-0.2, -0.15) is 10.2 Å². The molecule has 1 unspecified atom stereocenters. The second-order valence-corrected chi connectivity index (χ2v) is 7.43. The van der Waals surface area contributed by atoms with Gasteiger partial charge in [-0.05, 0) is 27.1 Å². The average Bonchev–Trinajstić information content (AvgIpc) is 3.42. The summed E-state index contributed by atoms with van der Waals surface area (Å²) < 4.78 is 22.2. The van der Waals surface area contributed by atoms with E-state index in [4.69, 9.17) is 16.3 Å². The van der Waals surface area contributed by atoms with Crippen molar-refractivity contribution in [2.45, 2.75) is 13.0 Å². The van der Waals surface area contributed by atoms with Crippen molar-refractivity contribution in [3.05, 3.63) is 35.1 Å². The highest BCUT2D eigenvalue weighted by Gasteiger charge is 2.27. The van der Waals surface area contributed by atoms with Crippen LogP contribution in [0.3, 0.4) is 0 Å². The molecule has 0 radical (unpaired) electrons. The molecule has 0 aliphatic carbocycles. The lowest BCUT2D eigenvalue weighted by Crippen LogP contribution is -2.17. The monoisotopic (exact) mass is 417 g/mol. The van der Waals surface area contributed by atoms with Gasteiger partial charge in [0.2, 0.25) is 0 Å². The summed E-state index contributed by atoms with van der Waals surface area (Å²) >= 11 is 6.18. The summed E-state index contributed by atoms with van der Waals surface area (Å²) in [4.78, 5) is 6.69. The minimum Gasteiger partial charge on any atom is -0.495 e. The van der Waals surface area contributed by atoms with E-state index in [1.165, 1.54) is 7.11 Å². The quantitative estimate of drug-likeness (QED) is 0.516. The van der Waals surface area contributed by atoms with Crippen molar-refractivity contribution in [3.63, 3.8) is 0 Å². The second-order valence-electron chi connectivity index (χ2n) is 7.05. The SMILES string of the molecule is COc1cc2c(-c3cn[nH]c3)c(-c3nc(C(C)N(C)C)n[nH]3)n(C)c2c(F)c1Cl. The van der Waals surface area contributed by atoms with Crippen LogP contribution < -0.4 is 4.74 Å². The Balaban J connectivity index is 2.05. The number of nitrogens with one attached hydrogen (secondary N) is 2. The molecule has 3 heterocycles. The fourth-order valence-electron chi connectivity index (χ4n) is 3.42. The van der Waals surface area contributed by atoms with Gasteiger partial charge in [-0.25, -0.2) is 9.37 Å². The molecular weight excluding hydrogens is 397 g/mol. The zero-order valence-electron chi connectivity index (χ0n) is 16.7. The summed E-state index contributed by atoms with van der Waals surface area (Å²) in [5, 5.41) is 14.8. The maximum absolute atomic E-state index is 15.2. The van der Waals surface area contributed by atoms with Gasteiger partial charge in [0.1, 0.15) is 10.8 Å². The van der Waals surface area contributed by atoms with E-state index in [9.17, 15) is 0 Å². The molecule has 0 amide bonds. The molecule has 0 aliphatic heterocycles. The Kier molecular flexibility index (Phi) is 4.79. The highest BCUT2D eigenvalue weighted by Crippen LogP contribution is 2.44. The first-order valence-electron chi connectivity index (χ1n) is 8.97. The van der Waals surface area contributed by atoms with Crippen molar-refractivity contribution in [3.8, 4) is 28.4 Å². The van der Waals surface area contributed by atoms with Crippen LogP contribution in [0, 0.1) is 5.82 Å². The van der Waals surface area contributed by atoms with Crippen molar-refractivity contribution in [1.29, 1.82) is 0 Å². The predicted octanol–water partition coefficient (Wildman–Crippen LogP) is 3.78. The Labute approximate surface area is 171 Å². The fourth-order valence-corrected chi connectivity index (χ4v) is 3.64. The van der Waals surface area contributed by atoms with Gasteiger partial charge in [0, 0.05) is 29.8 Å². The van der Waals surface area contributed by atoms with Crippen LogP contribution in [0.2, 0.25) is 5.02 Å². The number of aromatic amines is 2. The van der Waals surface area contributed by atoms with Crippen molar-refractivity contribution in [2.75, 3.05) is 21.2 Å². The Morgan fingerprint density at radius 3 is 2.72 bits per heavy atom. The number of rotatable bonds is 5. The van der Waals surface area contributed by atoms with Gasteiger partial charge < -0.3 is 9.30 Å². The topological polar surface area (TPSA) is 87.7 Å². The predicted molar refractivity (Wildman–Crippen MR) is 109 cm³/mol. The van der Waals surface area contributed by atoms with Gasteiger partial charge in [0.15, 0.2) is 17.5 Å². The van der Waals surface area contributed by atoms with Crippen LogP contribution in [-0.2, 0) is 7.05 Å². The third-order valence-corrected chi connectivity index (χ3v) is 5.56. The van der Waals surface area contributed by atoms with Crippen LogP contribution in [0.15, 0.2) is 18.5 Å². The number of halogens is 2. The number of aromatic nitrogens is 6. The van der Waals surface area contributed by atoms with E-state index in [1.54, 1.807) is 30.1 Å². The number of ether oxygens (including phenoxy) is 1. The Morgan fingerprint density at radius 1 is 1.34 bits per heavy atom. The van der Waals surface area contributed by atoms with Crippen molar-refractivity contribution in [1.82, 2.24) is 34.8 Å². The summed E-state index contributed by atoms with van der Waals surface area (Å²) in [7, 11) is 7.14. The summed E-state index contributed by atoms with van der Waals surface area (Å²) in [5.74, 6) is 0.876. The smallest absolute Gasteiger partial charge is 0.173 e. The van der Waals surface area contributed by atoms with Gasteiger partial charge in [-0.15, -0.1) is 0 Å². The molecule has 0 spiro atoms. The molecule has 4 aromatic rings. The van der Waals surface area contributed by atoms with Gasteiger partial charge in [0.05, 0.1) is 30.6 Å². The summed E-state index contributed by atoms with van der Waals surface area (Å²) in [5.41, 5.74) is 2.56. The summed E-state index contributed by atoms with van der Waals surface area (Å²) in [6, 6.07) is 1.74. The minimum absolute atomic E-state index is 0.0123. The number of fused-ring (bicyclic) bond motifs is 1. The lowest BCUT2D eigenvalue weighted by Gasteiger charge is -2.15. The molecule has 4 rings (SSSR count). The van der Waals surface area contributed by atoms with E-state index in [0.717, 1.165) is 11.1 Å². The molecule has 10 heteroatoms. The molecule has 152 valence electrons. The summed E-state index contributed by atoms with van der Waals surface area (Å²) in [6.07, 6.45) is 3.42. The minimum atomic E-state index is -0.555. The Hall–Kier alpha value is -2.91. The molecule has 1 aromatic carbocycles. The van der Waals surface area contributed by atoms with Crippen LogP contribution in [0.4, 0.5) is 4.39 Å². The van der Waals surface area contributed by atoms with Crippen LogP contribution in [0.1, 0.15) is 18.8 Å². The number of benzene rings is 1. The normalized spacial score (nSPS) is 12.8. The Bertz CT molecular complexity index is 1180. The molecule has 0 aliphatic rings. The first kappa shape index (κ1) is 19.4. The second kappa shape index (κ2) is 7.16. The number of nitrogens with zero attached hydrogens (tertiary/aromatic N) is 5. The van der Waals surface area contributed by atoms with Crippen LogP contribution in [-0.4, -0.2) is 56.1 Å². The zero-order valence-corrected chi connectivity index (χ0v) is 17.5. The highest BCUT2D eigenvalue weighted by molar-refractivity contribution is 6.33. The third-order valence-electron chi connectivity index (χ3n) is 5.21. The molecule has 0 fully saturated rings. The first-order chi connectivity index (χ1) is 13.8. The van der Waals surface area contributed by atoms with Crippen molar-refractivity contribution < 1.29 is 9.13 Å². The average molecular weight is 418 g/mol. The largest absolute Gasteiger partial charge is 0.495 e. The molecule has 1 atom stereocenters. The maximum atomic E-state index is 15.2. The molecule has 0 bridgehead atoms. The van der Waals surface area contributed by atoms with E-state index in [1.807, 2.05) is 25.9 Å². The van der Waals surface area contributed by atoms with Gasteiger partial charge >= 0.3 is 0 Å². The number of hydrogen-bond donors (Lipinski definition) is 2. The van der Waals surface area contributed by atoms with E-state index < -0.39 is 5.82 Å². The van der Waals surface area contributed by atoms with Crippen LogP contribution in [0.25, 0.3) is 33.5 Å². The maximum Gasteiger partial charge on any atom is 0.173 e. The van der Waals surface area contributed by atoms with Crippen molar-refractivity contribution in [2.24, 2.45) is 7.05 Å². The van der Waals surface area contributed by atoms with Crippen LogP contribution >= 0.6 is 11.6 Å². The van der Waals surface area contributed by atoms with Crippen molar-refractivity contribution >= 4 is 22.5 Å². The van der Waals surface area contributed by atoms with E-state index in [2.05, 4.69) is 25.4 Å². The molecule has 0 saturated heterocycles. The van der Waals surface area contributed by atoms with E-state index in [-0.39, 0.29) is 16.8 Å². The number of hydrogen-bond acceptors (Lipinski definition) is 5. The standard InChI is InChI=1S/C19H21ClFN7O/c1-9(27(2)3)18-24-19(26-25-18)17-13(10-7-22-23-8-10)11-6-12(29-5)14(20)15(21)16(11)28(17)4/h6-9H,1-5H3,(H,22,23)(H,24,25,26). The number of aryl methyl sites for hydroxylation is 1. The molecular formula is C19H21ClFN7O. The summed E-state index contributed by atoms with van der Waals surface area (Å²) in [6.45, 7) is 2.01. The Morgan fingerprint density at radius 2 is 2.10 bits per heavy atom. The molecule has 8 nitrogen and oxygen atoms in total. The number of H-pyrrole nitrogens is 2. The lowest BCUT2D eigenvalue weighted by atomic mass is 10.0. The van der Waals surface area contributed by atoms with Crippen LogP contribution in [0.5, 0.6) is 5.75 Å². The zero-order chi connectivity index (χ0) is 20.9. The van der Waals surface area contributed by atoms with E-state index >= 15 is 4.39 Å². The lowest BCUT2D eigenvalue weighted by molar-refractivity contribution is 0.309. The first-order valence-corrected chi connectivity index (χ1v) is 9.35. The van der Waals surface area contributed by atoms with Gasteiger partial charge in [0.25, 0.3) is 0 Å². The van der Waals surface area contributed by atoms with Gasteiger partial charge in [-0.1, -0.05) is 11.6 Å². The fraction of sp³-hybridized carbons (Fsp3) is 0.316. The third kappa shape index (κ3) is 2.97. The molecule has 0 saturated carbocycles.